The number of fused-ring (bicyclic) bond motifs is 1. The first-order valence-electron chi connectivity index (χ1n) is 7.27. The van der Waals surface area contributed by atoms with Gasteiger partial charge in [0.2, 0.25) is 0 Å². The van der Waals surface area contributed by atoms with Gasteiger partial charge in [0.05, 0.1) is 22.7 Å². The van der Waals surface area contributed by atoms with Gasteiger partial charge in [0.1, 0.15) is 0 Å². The lowest BCUT2D eigenvalue weighted by Crippen LogP contribution is -2.32. The third-order valence-electron chi connectivity index (χ3n) is 3.86. The summed E-state index contributed by atoms with van der Waals surface area (Å²) in [4.78, 5) is 17.0. The second-order valence-electron chi connectivity index (χ2n) is 5.56. The summed E-state index contributed by atoms with van der Waals surface area (Å²) in [5.41, 5.74) is 3.02. The molecule has 0 radical (unpaired) electrons. The van der Waals surface area contributed by atoms with Crippen molar-refractivity contribution in [1.82, 2.24) is 20.1 Å². The Morgan fingerprint density at radius 3 is 3.05 bits per heavy atom. The highest BCUT2D eigenvalue weighted by atomic mass is 16.5. The van der Waals surface area contributed by atoms with Gasteiger partial charge >= 0.3 is 0 Å². The van der Waals surface area contributed by atoms with Crippen molar-refractivity contribution in [3.05, 3.63) is 23.0 Å². The summed E-state index contributed by atoms with van der Waals surface area (Å²) < 4.78 is 7.25. The second kappa shape index (κ2) is 5.44. The van der Waals surface area contributed by atoms with Crippen LogP contribution in [0.3, 0.4) is 0 Å². The average Bonchev–Trinajstić information content (AvgIpc) is 3.05. The second-order valence-corrected chi connectivity index (χ2v) is 5.56. The standard InChI is InChI=1S/C15H20N4O2/c1-9-7-12(13-10(2)18-19(3)14(13)17-9)15(20)16-8-11-5-4-6-21-11/h7,11H,4-6,8H2,1-3H3,(H,16,20). The molecule has 0 spiro atoms. The van der Waals surface area contributed by atoms with E-state index in [1.54, 1.807) is 4.68 Å². The van der Waals surface area contributed by atoms with Gasteiger partial charge in [-0.3, -0.25) is 9.48 Å². The van der Waals surface area contributed by atoms with E-state index in [1.807, 2.05) is 27.0 Å². The molecule has 21 heavy (non-hydrogen) atoms. The van der Waals surface area contributed by atoms with Crippen LogP contribution in [0.2, 0.25) is 0 Å². The zero-order chi connectivity index (χ0) is 15.0. The van der Waals surface area contributed by atoms with Gasteiger partial charge in [0.15, 0.2) is 5.65 Å². The average molecular weight is 288 g/mol. The van der Waals surface area contributed by atoms with Crippen molar-refractivity contribution in [3.63, 3.8) is 0 Å². The molecular formula is C15H20N4O2. The molecule has 1 amide bonds. The molecule has 6 heteroatoms. The topological polar surface area (TPSA) is 69.0 Å². The van der Waals surface area contributed by atoms with Crippen molar-refractivity contribution in [2.45, 2.75) is 32.8 Å². The fourth-order valence-corrected chi connectivity index (χ4v) is 2.86. The maximum absolute atomic E-state index is 12.5. The lowest BCUT2D eigenvalue weighted by molar-refractivity contribution is 0.0859. The van der Waals surface area contributed by atoms with Gasteiger partial charge in [-0.25, -0.2) is 4.98 Å². The predicted molar refractivity (Wildman–Crippen MR) is 79.3 cm³/mol. The minimum atomic E-state index is -0.0860. The van der Waals surface area contributed by atoms with E-state index in [0.29, 0.717) is 12.1 Å². The number of hydrogen-bond donors (Lipinski definition) is 1. The van der Waals surface area contributed by atoms with Gasteiger partial charge in [-0.1, -0.05) is 0 Å². The monoisotopic (exact) mass is 288 g/mol. The van der Waals surface area contributed by atoms with Crippen LogP contribution in [0.5, 0.6) is 0 Å². The Morgan fingerprint density at radius 1 is 1.52 bits per heavy atom. The Hall–Kier alpha value is -1.95. The smallest absolute Gasteiger partial charge is 0.252 e. The van der Waals surface area contributed by atoms with Gasteiger partial charge in [0.25, 0.3) is 5.91 Å². The van der Waals surface area contributed by atoms with Gasteiger partial charge in [0, 0.05) is 25.9 Å². The molecule has 1 unspecified atom stereocenters. The van der Waals surface area contributed by atoms with E-state index in [9.17, 15) is 4.79 Å². The van der Waals surface area contributed by atoms with Gasteiger partial charge in [-0.2, -0.15) is 5.10 Å². The van der Waals surface area contributed by atoms with Crippen molar-refractivity contribution >= 4 is 16.9 Å². The quantitative estimate of drug-likeness (QED) is 0.929. The highest BCUT2D eigenvalue weighted by molar-refractivity contribution is 6.06. The van der Waals surface area contributed by atoms with Crippen LogP contribution in [0.4, 0.5) is 0 Å². The number of nitrogens with one attached hydrogen (secondary N) is 1. The van der Waals surface area contributed by atoms with E-state index < -0.39 is 0 Å². The summed E-state index contributed by atoms with van der Waals surface area (Å²) >= 11 is 0. The molecule has 1 aliphatic rings. The molecule has 1 atom stereocenters. The Bertz CT molecular complexity index is 687. The Kier molecular flexibility index (Phi) is 3.63. The molecule has 112 valence electrons. The molecule has 3 rings (SSSR count). The number of rotatable bonds is 3. The molecule has 1 saturated heterocycles. The Balaban J connectivity index is 1.89. The fourth-order valence-electron chi connectivity index (χ4n) is 2.86. The van der Waals surface area contributed by atoms with Crippen molar-refractivity contribution in [2.24, 2.45) is 7.05 Å². The number of carbonyl (C=O) groups excluding carboxylic acids is 1. The molecule has 1 aliphatic heterocycles. The molecule has 1 fully saturated rings. The number of pyridine rings is 1. The van der Waals surface area contributed by atoms with Gasteiger partial charge in [-0.15, -0.1) is 0 Å². The first kappa shape index (κ1) is 14.0. The number of nitrogens with zero attached hydrogens (tertiary/aromatic N) is 3. The van der Waals surface area contributed by atoms with E-state index in [0.717, 1.165) is 41.9 Å². The van der Waals surface area contributed by atoms with Crippen LogP contribution in [-0.2, 0) is 11.8 Å². The summed E-state index contributed by atoms with van der Waals surface area (Å²) in [7, 11) is 1.84. The minimum absolute atomic E-state index is 0.0860. The molecule has 6 nitrogen and oxygen atoms in total. The molecule has 2 aromatic rings. The van der Waals surface area contributed by atoms with Crippen molar-refractivity contribution < 1.29 is 9.53 Å². The zero-order valence-electron chi connectivity index (χ0n) is 12.6. The van der Waals surface area contributed by atoms with Gasteiger partial charge < -0.3 is 10.1 Å². The van der Waals surface area contributed by atoms with Gasteiger partial charge in [-0.05, 0) is 32.8 Å². The molecule has 2 aromatic heterocycles. The van der Waals surface area contributed by atoms with E-state index in [1.165, 1.54) is 0 Å². The van der Waals surface area contributed by atoms with Crippen LogP contribution < -0.4 is 5.32 Å². The molecule has 3 heterocycles. The highest BCUT2D eigenvalue weighted by Gasteiger charge is 2.20. The number of ether oxygens (including phenoxy) is 1. The summed E-state index contributed by atoms with van der Waals surface area (Å²) in [6.45, 7) is 5.14. The molecule has 0 saturated carbocycles. The van der Waals surface area contributed by atoms with E-state index in [2.05, 4.69) is 15.4 Å². The third-order valence-corrected chi connectivity index (χ3v) is 3.86. The van der Waals surface area contributed by atoms with Crippen LogP contribution in [0.25, 0.3) is 11.0 Å². The normalized spacial score (nSPS) is 18.3. The largest absolute Gasteiger partial charge is 0.376 e. The maximum Gasteiger partial charge on any atom is 0.252 e. The molecular weight excluding hydrogens is 268 g/mol. The van der Waals surface area contributed by atoms with Crippen LogP contribution >= 0.6 is 0 Å². The van der Waals surface area contributed by atoms with Crippen LogP contribution in [0.15, 0.2) is 6.07 Å². The molecule has 0 aliphatic carbocycles. The van der Waals surface area contributed by atoms with E-state index >= 15 is 0 Å². The lowest BCUT2D eigenvalue weighted by atomic mass is 10.1. The predicted octanol–water partition coefficient (Wildman–Crippen LogP) is 1.49. The minimum Gasteiger partial charge on any atom is -0.376 e. The Morgan fingerprint density at radius 2 is 2.33 bits per heavy atom. The number of carbonyl (C=O) groups is 1. The maximum atomic E-state index is 12.5. The number of aryl methyl sites for hydroxylation is 3. The van der Waals surface area contributed by atoms with Crippen molar-refractivity contribution in [2.75, 3.05) is 13.2 Å². The van der Waals surface area contributed by atoms with Crippen LogP contribution in [-0.4, -0.2) is 39.9 Å². The van der Waals surface area contributed by atoms with Crippen LogP contribution in [0.1, 0.15) is 34.6 Å². The SMILES string of the molecule is Cc1cc(C(=O)NCC2CCCO2)c2c(C)nn(C)c2n1. The number of amides is 1. The van der Waals surface area contributed by atoms with Crippen molar-refractivity contribution in [3.8, 4) is 0 Å². The number of hydrogen-bond acceptors (Lipinski definition) is 4. The lowest BCUT2D eigenvalue weighted by Gasteiger charge is -2.11. The summed E-state index contributed by atoms with van der Waals surface area (Å²) in [6, 6.07) is 1.82. The first-order valence-corrected chi connectivity index (χ1v) is 7.27. The van der Waals surface area contributed by atoms with E-state index in [-0.39, 0.29) is 12.0 Å². The summed E-state index contributed by atoms with van der Waals surface area (Å²) in [5, 5.41) is 8.16. The van der Waals surface area contributed by atoms with Crippen LogP contribution in [0, 0.1) is 13.8 Å². The highest BCUT2D eigenvalue weighted by Crippen LogP contribution is 2.21. The molecule has 0 aromatic carbocycles. The summed E-state index contributed by atoms with van der Waals surface area (Å²) in [6.07, 6.45) is 2.22. The fraction of sp³-hybridized carbons (Fsp3) is 0.533. The first-order chi connectivity index (χ1) is 10.1. The van der Waals surface area contributed by atoms with Crippen molar-refractivity contribution in [1.29, 1.82) is 0 Å². The zero-order valence-corrected chi connectivity index (χ0v) is 12.6. The summed E-state index contributed by atoms with van der Waals surface area (Å²) in [5.74, 6) is -0.0860. The third kappa shape index (κ3) is 2.63. The molecule has 0 bridgehead atoms. The molecule has 1 N–H and O–H groups in total. The van der Waals surface area contributed by atoms with E-state index in [4.69, 9.17) is 4.74 Å². The Labute approximate surface area is 123 Å². The number of aromatic nitrogens is 3.